The first kappa shape index (κ1) is 35.8. The molecule has 31 heavy (non-hydrogen) atoms. The molecule has 0 bridgehead atoms. The van der Waals surface area contributed by atoms with Crippen LogP contribution < -0.4 is 0 Å². The number of hydrogen-bond donors (Lipinski definition) is 0. The van der Waals surface area contributed by atoms with Crippen molar-refractivity contribution in [1.82, 2.24) is 0 Å². The minimum Gasteiger partial charge on any atom is -0.319 e. The van der Waals surface area contributed by atoms with Gasteiger partial charge in [-0.3, -0.25) is 48.5 Å². The second-order valence-electron chi connectivity index (χ2n) is 6.02. The maximum atomic E-state index is 3.00. The molecule has 0 heterocycles. The summed E-state index contributed by atoms with van der Waals surface area (Å²) in [6, 6.07) is 44.0. The van der Waals surface area contributed by atoms with Gasteiger partial charge in [0.1, 0.15) is 0 Å². The van der Waals surface area contributed by atoms with Gasteiger partial charge in [-0.25, -0.2) is 0 Å². The molecule has 153 valence electrons. The van der Waals surface area contributed by atoms with E-state index in [0.29, 0.717) is 0 Å². The Hall–Kier alpha value is 0.192. The van der Waals surface area contributed by atoms with Gasteiger partial charge in [-0.15, -0.1) is 0 Å². The van der Waals surface area contributed by atoms with Crippen LogP contribution in [0.15, 0.2) is 84.9 Å². The molecule has 4 aromatic rings. The van der Waals surface area contributed by atoms with E-state index in [4.69, 9.17) is 0 Å². The maximum absolute atomic E-state index is 3.00. The Balaban J connectivity index is -0.000000329. The molecule has 0 aliphatic heterocycles. The fraction of sp³-hybridized carbons (Fsp3) is 0.143. The van der Waals surface area contributed by atoms with Crippen molar-refractivity contribution in [3.63, 3.8) is 0 Å². The molecule has 4 aromatic carbocycles. The van der Waals surface area contributed by atoms with Crippen LogP contribution in [-0.4, -0.2) is 0 Å². The smallest absolute Gasteiger partial charge is 0 e. The molecule has 4 rings (SSSR count). The zero-order valence-corrected chi connectivity index (χ0v) is 27.3. The maximum Gasteiger partial charge on any atom is 0 e. The number of benzene rings is 4. The predicted octanol–water partition coefficient (Wildman–Crippen LogP) is 6.77. The van der Waals surface area contributed by atoms with E-state index in [1.54, 1.807) is 0 Å². The van der Waals surface area contributed by atoms with Gasteiger partial charge >= 0.3 is 0 Å². The number of rotatable bonds is 0. The van der Waals surface area contributed by atoms with Crippen LogP contribution in [-0.2, 0) is 98.1 Å². The summed E-state index contributed by atoms with van der Waals surface area (Å²) < 4.78 is 0. The minimum absolute atomic E-state index is 0. The minimum atomic E-state index is 0. The van der Waals surface area contributed by atoms with Crippen molar-refractivity contribution < 1.29 is 98.1 Å². The molecule has 0 fully saturated rings. The zero-order chi connectivity index (χ0) is 20.5. The molecule has 0 aromatic heterocycles. The average Bonchev–Trinajstić information content (AvgIpc) is 2.76. The van der Waals surface area contributed by atoms with Crippen LogP contribution in [0.4, 0.5) is 0 Å². The monoisotopic (exact) mass is 629 g/mol. The summed E-state index contributed by atoms with van der Waals surface area (Å²) >= 11 is 0. The number of aryl methyl sites for hydroxylation is 4. The van der Waals surface area contributed by atoms with Crippen LogP contribution in [0.25, 0.3) is 0 Å². The second-order valence-corrected chi connectivity index (χ2v) is 6.02. The Bertz CT molecular complexity index is 693. The fourth-order valence-corrected chi connectivity index (χ4v) is 1.79. The van der Waals surface area contributed by atoms with E-state index in [1.807, 2.05) is 72.8 Å². The summed E-state index contributed by atoms with van der Waals surface area (Å²) in [6.07, 6.45) is 0. The quantitative estimate of drug-likeness (QED) is 0.189. The first-order valence-corrected chi connectivity index (χ1v) is 9.12. The third-order valence-electron chi connectivity index (χ3n) is 3.81. The fourth-order valence-electron chi connectivity index (χ4n) is 1.79. The largest absolute Gasteiger partial charge is 0.319 e. The molecule has 0 nitrogen and oxygen atoms in total. The average molecular weight is 629 g/mol. The van der Waals surface area contributed by atoms with Crippen LogP contribution in [0, 0.1) is 64.1 Å². The molecule has 0 saturated carbocycles. The zero-order valence-electron chi connectivity index (χ0n) is 18.8. The molecule has 0 unspecified atom stereocenters. The van der Waals surface area contributed by atoms with Crippen molar-refractivity contribution >= 4 is 0 Å². The van der Waals surface area contributed by atoms with E-state index in [-0.39, 0.29) is 98.1 Å². The van der Waals surface area contributed by atoms with E-state index in [9.17, 15) is 0 Å². The first-order chi connectivity index (χ1) is 13.6. The molecular formula is C28H26Y3-6. The molecule has 0 aliphatic carbocycles. The Morgan fingerprint density at radius 2 is 0.613 bits per heavy atom. The summed E-state index contributed by atoms with van der Waals surface area (Å²) in [4.78, 5) is 0. The standard InChI is InChI=1S/2C8H9.2C6H4.3Y/c2*1-7-5-3-4-6-8(7)2;2*1-2-4-6-5-3-1;;;/h2*3,5-6H,1-2H3;2*1-2,5-6H;;;/q2*-1;2*-2;;;. The molecule has 0 saturated heterocycles. The van der Waals surface area contributed by atoms with Crippen LogP contribution in [0.3, 0.4) is 0 Å². The van der Waals surface area contributed by atoms with Crippen LogP contribution >= 0.6 is 0 Å². The van der Waals surface area contributed by atoms with E-state index in [1.165, 1.54) is 22.3 Å². The van der Waals surface area contributed by atoms with E-state index in [0.717, 1.165) is 0 Å². The van der Waals surface area contributed by atoms with Gasteiger partial charge in [-0.2, -0.15) is 70.8 Å². The molecule has 0 spiro atoms. The van der Waals surface area contributed by atoms with Gasteiger partial charge in [0.05, 0.1) is 0 Å². The normalized spacial score (nSPS) is 7.87. The van der Waals surface area contributed by atoms with Crippen molar-refractivity contribution in [1.29, 1.82) is 0 Å². The van der Waals surface area contributed by atoms with Crippen molar-refractivity contribution in [3.05, 3.63) is 144 Å². The summed E-state index contributed by atoms with van der Waals surface area (Å²) in [5, 5.41) is 0. The molecule has 0 N–H and O–H groups in total. The van der Waals surface area contributed by atoms with Crippen molar-refractivity contribution in [2.75, 3.05) is 0 Å². The first-order valence-electron chi connectivity index (χ1n) is 9.12. The Morgan fingerprint density at radius 1 is 0.355 bits per heavy atom. The predicted molar refractivity (Wildman–Crippen MR) is 118 cm³/mol. The summed E-state index contributed by atoms with van der Waals surface area (Å²) in [5.74, 6) is 0. The van der Waals surface area contributed by atoms with E-state index >= 15 is 0 Å². The van der Waals surface area contributed by atoms with Crippen LogP contribution in [0.1, 0.15) is 22.3 Å². The van der Waals surface area contributed by atoms with Gasteiger partial charge in [0.15, 0.2) is 0 Å². The summed E-state index contributed by atoms with van der Waals surface area (Å²) in [7, 11) is 0. The Kier molecular flexibility index (Phi) is 28.7. The molecule has 0 amide bonds. The topological polar surface area (TPSA) is 0 Å². The SMILES string of the molecule is Cc1c[c-]ccc1C.Cc1c[c-]ccc1C.[Y].[Y].[Y].[c-]1cc[c-]cc1.[c-]1cc[c-]cc1. The third-order valence-corrected chi connectivity index (χ3v) is 3.81. The van der Waals surface area contributed by atoms with Crippen molar-refractivity contribution in [2.24, 2.45) is 0 Å². The van der Waals surface area contributed by atoms with Gasteiger partial charge < -0.3 is 24.3 Å². The van der Waals surface area contributed by atoms with Crippen LogP contribution in [0.5, 0.6) is 0 Å². The van der Waals surface area contributed by atoms with Gasteiger partial charge in [0.25, 0.3) is 0 Å². The molecule has 3 radical (unpaired) electrons. The number of hydrogen-bond acceptors (Lipinski definition) is 0. The van der Waals surface area contributed by atoms with Gasteiger partial charge in [-0.05, 0) is 0 Å². The van der Waals surface area contributed by atoms with Crippen LogP contribution in [0.2, 0.25) is 0 Å². The molecule has 0 atom stereocenters. The Morgan fingerprint density at radius 3 is 0.742 bits per heavy atom. The summed E-state index contributed by atoms with van der Waals surface area (Å²) in [5.41, 5.74) is 5.30. The summed E-state index contributed by atoms with van der Waals surface area (Å²) in [6.45, 7) is 8.38. The van der Waals surface area contributed by atoms with Gasteiger partial charge in [0, 0.05) is 98.1 Å². The Labute approximate surface area is 265 Å². The van der Waals surface area contributed by atoms with Gasteiger partial charge in [0.2, 0.25) is 0 Å². The molecular weight excluding hydrogens is 603 g/mol. The third kappa shape index (κ3) is 20.5. The van der Waals surface area contributed by atoms with Crippen molar-refractivity contribution in [2.45, 2.75) is 27.7 Å². The second kappa shape index (κ2) is 24.8. The van der Waals surface area contributed by atoms with Crippen molar-refractivity contribution in [3.8, 4) is 0 Å². The van der Waals surface area contributed by atoms with E-state index < -0.39 is 0 Å². The van der Waals surface area contributed by atoms with E-state index in [2.05, 4.69) is 76.2 Å². The van der Waals surface area contributed by atoms with Gasteiger partial charge in [-0.1, -0.05) is 27.7 Å². The molecule has 3 heteroatoms. The molecule has 0 aliphatic rings.